The molecule has 10 nitrogen and oxygen atoms in total. The van der Waals surface area contributed by atoms with Crippen LogP contribution in [0.15, 0.2) is 47.3 Å². The quantitative estimate of drug-likeness (QED) is 0.377. The van der Waals surface area contributed by atoms with Crippen LogP contribution in [0.5, 0.6) is 0 Å². The van der Waals surface area contributed by atoms with Crippen molar-refractivity contribution in [2.75, 3.05) is 66.1 Å². The number of carbonyl (C=O) groups is 2. The van der Waals surface area contributed by atoms with E-state index in [0.717, 1.165) is 0 Å². The molecule has 1 aliphatic heterocycles. The Balaban J connectivity index is 1.37. The number of aromatic amines is 1. The molecule has 1 aliphatic rings. The van der Waals surface area contributed by atoms with Crippen LogP contribution < -0.4 is 11.3 Å². The number of likely N-dealkylation sites (N-methyl/N-ethyl adjacent to an activating group) is 1. The molecular formula is C27H33FN6O4. The number of hydrogen-bond acceptors (Lipinski definition) is 7. The molecule has 1 saturated heterocycles. The SMILES string of the molecule is CN(CCOCCN)CC(=O)N1CCN(C(=O)c2cc(Cc3n[nH]c(=O)c4ccccc34)ccc2F)CC1. The Morgan fingerprint density at radius 2 is 1.79 bits per heavy atom. The molecular weight excluding hydrogens is 491 g/mol. The fourth-order valence-corrected chi connectivity index (χ4v) is 4.49. The minimum Gasteiger partial charge on any atom is -0.379 e. The van der Waals surface area contributed by atoms with Gasteiger partial charge in [-0.15, -0.1) is 0 Å². The number of nitrogens with zero attached hydrogens (tertiary/aromatic N) is 4. The molecule has 11 heteroatoms. The second-order valence-corrected chi connectivity index (χ2v) is 9.35. The van der Waals surface area contributed by atoms with Gasteiger partial charge in [0.05, 0.1) is 36.4 Å². The summed E-state index contributed by atoms with van der Waals surface area (Å²) >= 11 is 0. The molecule has 1 fully saturated rings. The summed E-state index contributed by atoms with van der Waals surface area (Å²) in [7, 11) is 1.85. The number of halogens is 1. The van der Waals surface area contributed by atoms with Gasteiger partial charge >= 0.3 is 0 Å². The maximum absolute atomic E-state index is 14.7. The number of H-pyrrole nitrogens is 1. The molecule has 4 rings (SSSR count). The maximum atomic E-state index is 14.7. The summed E-state index contributed by atoms with van der Waals surface area (Å²) in [5, 5.41) is 7.92. The van der Waals surface area contributed by atoms with Gasteiger partial charge in [-0.25, -0.2) is 9.49 Å². The molecule has 2 heterocycles. The van der Waals surface area contributed by atoms with Crippen molar-refractivity contribution in [3.8, 4) is 0 Å². The van der Waals surface area contributed by atoms with Crippen molar-refractivity contribution < 1.29 is 18.7 Å². The van der Waals surface area contributed by atoms with Crippen LogP contribution in [0.2, 0.25) is 0 Å². The molecule has 0 radical (unpaired) electrons. The van der Waals surface area contributed by atoms with E-state index in [2.05, 4.69) is 10.2 Å². The Labute approximate surface area is 220 Å². The number of aromatic nitrogens is 2. The van der Waals surface area contributed by atoms with E-state index in [9.17, 15) is 18.8 Å². The lowest BCUT2D eigenvalue weighted by Crippen LogP contribution is -2.52. The first-order valence-corrected chi connectivity index (χ1v) is 12.7. The first-order chi connectivity index (χ1) is 18.4. The predicted molar refractivity (Wildman–Crippen MR) is 141 cm³/mol. The van der Waals surface area contributed by atoms with E-state index in [1.165, 1.54) is 6.07 Å². The fraction of sp³-hybridized carbons (Fsp3) is 0.407. The highest BCUT2D eigenvalue weighted by Gasteiger charge is 2.27. The predicted octanol–water partition coefficient (Wildman–Crippen LogP) is 0.845. The zero-order chi connectivity index (χ0) is 27.1. The monoisotopic (exact) mass is 524 g/mol. The van der Waals surface area contributed by atoms with Gasteiger partial charge in [0.1, 0.15) is 5.82 Å². The number of benzene rings is 2. The highest BCUT2D eigenvalue weighted by molar-refractivity contribution is 5.95. The number of rotatable bonds is 10. The van der Waals surface area contributed by atoms with E-state index in [-0.39, 0.29) is 23.6 Å². The molecule has 0 atom stereocenters. The Hall–Kier alpha value is -3.67. The third-order valence-corrected chi connectivity index (χ3v) is 6.61. The third-order valence-electron chi connectivity index (χ3n) is 6.61. The van der Waals surface area contributed by atoms with Gasteiger partial charge in [0.2, 0.25) is 5.91 Å². The Bertz CT molecular complexity index is 1340. The van der Waals surface area contributed by atoms with Gasteiger partial charge in [-0.3, -0.25) is 19.3 Å². The summed E-state index contributed by atoms with van der Waals surface area (Å²) in [5.74, 6) is -1.04. The Morgan fingerprint density at radius 1 is 1.08 bits per heavy atom. The second-order valence-electron chi connectivity index (χ2n) is 9.35. The first kappa shape index (κ1) is 27.4. The summed E-state index contributed by atoms with van der Waals surface area (Å²) in [6, 6.07) is 11.6. The van der Waals surface area contributed by atoms with Gasteiger partial charge in [-0.2, -0.15) is 5.10 Å². The summed E-state index contributed by atoms with van der Waals surface area (Å²) in [5.41, 5.74) is 6.44. The molecule has 1 aromatic heterocycles. The van der Waals surface area contributed by atoms with Crippen LogP contribution in [0.1, 0.15) is 21.6 Å². The number of piperazine rings is 1. The van der Waals surface area contributed by atoms with E-state index >= 15 is 0 Å². The molecule has 0 saturated carbocycles. The number of hydrogen-bond donors (Lipinski definition) is 2. The molecule has 3 N–H and O–H groups in total. The van der Waals surface area contributed by atoms with Crippen LogP contribution in [0, 0.1) is 5.82 Å². The normalized spacial score (nSPS) is 13.9. The molecule has 2 amide bonds. The van der Waals surface area contributed by atoms with Crippen LogP contribution in [-0.2, 0) is 16.0 Å². The van der Waals surface area contributed by atoms with Crippen molar-refractivity contribution in [2.24, 2.45) is 5.73 Å². The highest BCUT2D eigenvalue weighted by atomic mass is 19.1. The Morgan fingerprint density at radius 3 is 2.53 bits per heavy atom. The van der Waals surface area contributed by atoms with Crippen LogP contribution in [0.25, 0.3) is 10.8 Å². The van der Waals surface area contributed by atoms with Crippen LogP contribution in [0.4, 0.5) is 4.39 Å². The van der Waals surface area contributed by atoms with Gasteiger partial charge < -0.3 is 20.3 Å². The van der Waals surface area contributed by atoms with Gasteiger partial charge in [0.15, 0.2) is 0 Å². The summed E-state index contributed by atoms with van der Waals surface area (Å²) < 4.78 is 20.1. The molecule has 202 valence electrons. The van der Waals surface area contributed by atoms with Crippen molar-refractivity contribution in [1.82, 2.24) is 24.9 Å². The number of carbonyl (C=O) groups excluding carboxylic acids is 2. The second kappa shape index (κ2) is 12.7. The van der Waals surface area contributed by atoms with Crippen LogP contribution in [-0.4, -0.2) is 103 Å². The minimum atomic E-state index is -0.602. The smallest absolute Gasteiger partial charge is 0.272 e. The van der Waals surface area contributed by atoms with E-state index in [1.54, 1.807) is 34.1 Å². The van der Waals surface area contributed by atoms with Gasteiger partial charge in [0, 0.05) is 51.1 Å². The lowest BCUT2D eigenvalue weighted by atomic mass is 10.0. The van der Waals surface area contributed by atoms with Gasteiger partial charge in [-0.1, -0.05) is 24.3 Å². The van der Waals surface area contributed by atoms with Crippen molar-refractivity contribution in [3.63, 3.8) is 0 Å². The maximum Gasteiger partial charge on any atom is 0.272 e. The molecule has 3 aromatic rings. The number of fused-ring (bicyclic) bond motifs is 1. The van der Waals surface area contributed by atoms with E-state index in [4.69, 9.17) is 10.5 Å². The van der Waals surface area contributed by atoms with Gasteiger partial charge in [-0.05, 0) is 30.8 Å². The van der Waals surface area contributed by atoms with Crippen molar-refractivity contribution in [3.05, 3.63) is 75.5 Å². The largest absolute Gasteiger partial charge is 0.379 e. The first-order valence-electron chi connectivity index (χ1n) is 12.7. The highest BCUT2D eigenvalue weighted by Crippen LogP contribution is 2.20. The zero-order valence-corrected chi connectivity index (χ0v) is 21.5. The average molecular weight is 525 g/mol. The number of amides is 2. The number of ether oxygens (including phenoxy) is 1. The molecule has 0 aliphatic carbocycles. The lowest BCUT2D eigenvalue weighted by molar-refractivity contribution is -0.133. The molecule has 0 bridgehead atoms. The molecule has 38 heavy (non-hydrogen) atoms. The van der Waals surface area contributed by atoms with Gasteiger partial charge in [0.25, 0.3) is 11.5 Å². The number of nitrogens with two attached hydrogens (primary N) is 1. The summed E-state index contributed by atoms with van der Waals surface area (Å²) in [4.78, 5) is 43.1. The number of nitrogens with one attached hydrogen (secondary N) is 1. The van der Waals surface area contributed by atoms with E-state index in [0.29, 0.717) is 80.9 Å². The van der Waals surface area contributed by atoms with E-state index in [1.807, 2.05) is 24.1 Å². The van der Waals surface area contributed by atoms with Crippen molar-refractivity contribution in [1.29, 1.82) is 0 Å². The minimum absolute atomic E-state index is 0.0202. The van der Waals surface area contributed by atoms with E-state index < -0.39 is 11.7 Å². The van der Waals surface area contributed by atoms with Crippen LogP contribution >= 0.6 is 0 Å². The lowest BCUT2D eigenvalue weighted by Gasteiger charge is -2.35. The molecule has 0 unspecified atom stereocenters. The standard InChI is InChI=1S/C27H33FN6O4/c1-32(13-15-38-14-8-29)18-25(35)33-9-11-34(12-10-33)27(37)22-16-19(6-7-23(22)28)17-24-20-4-2-3-5-21(20)26(36)31-30-24/h2-7,16H,8-15,17-18,29H2,1H3,(H,31,36). The summed E-state index contributed by atoms with van der Waals surface area (Å²) in [6.07, 6.45) is 0.324. The third kappa shape index (κ3) is 6.60. The van der Waals surface area contributed by atoms with Crippen molar-refractivity contribution >= 4 is 22.6 Å². The molecule has 2 aromatic carbocycles. The topological polar surface area (TPSA) is 125 Å². The molecule has 0 spiro atoms. The van der Waals surface area contributed by atoms with Crippen LogP contribution in [0.3, 0.4) is 0 Å². The fourth-order valence-electron chi connectivity index (χ4n) is 4.49. The van der Waals surface area contributed by atoms with Crippen molar-refractivity contribution in [2.45, 2.75) is 6.42 Å². The Kier molecular flexibility index (Phi) is 9.16. The average Bonchev–Trinajstić information content (AvgIpc) is 2.93. The summed E-state index contributed by atoms with van der Waals surface area (Å²) in [6.45, 7) is 3.74. The zero-order valence-electron chi connectivity index (χ0n) is 21.5.